The van der Waals surface area contributed by atoms with Crippen LogP contribution in [0.25, 0.3) is 0 Å². The van der Waals surface area contributed by atoms with E-state index in [1.165, 1.54) is 19.4 Å². The Kier molecular flexibility index (Phi) is 2.61. The van der Waals surface area contributed by atoms with Gasteiger partial charge in [-0.05, 0) is 45.4 Å². The van der Waals surface area contributed by atoms with Crippen LogP contribution in [0.1, 0.15) is 39.5 Å². The van der Waals surface area contributed by atoms with Gasteiger partial charge in [-0.2, -0.15) is 0 Å². The molecule has 0 aromatic carbocycles. The lowest BCUT2D eigenvalue weighted by atomic mass is 9.94. The van der Waals surface area contributed by atoms with E-state index < -0.39 is 0 Å². The van der Waals surface area contributed by atoms with Crippen LogP contribution in [-0.2, 0) is 0 Å². The fraction of sp³-hybridized carbons (Fsp3) is 1.00. The Morgan fingerprint density at radius 3 is 2.15 bits per heavy atom. The van der Waals surface area contributed by atoms with Crippen molar-refractivity contribution >= 4 is 0 Å². The Balaban J connectivity index is 1.90. The number of rotatable bonds is 2. The van der Waals surface area contributed by atoms with Gasteiger partial charge in [-0.3, -0.25) is 4.90 Å². The molecular formula is C11H21NO. The van der Waals surface area contributed by atoms with E-state index in [4.69, 9.17) is 0 Å². The molecule has 1 aliphatic carbocycles. The lowest BCUT2D eigenvalue weighted by Gasteiger charge is -2.41. The average Bonchev–Trinajstić information content (AvgIpc) is 2.79. The highest BCUT2D eigenvalue weighted by atomic mass is 16.3. The topological polar surface area (TPSA) is 23.5 Å². The molecule has 0 bridgehead atoms. The predicted molar refractivity (Wildman–Crippen MR) is 53.6 cm³/mol. The minimum absolute atomic E-state index is 0.0551. The van der Waals surface area contributed by atoms with Crippen LogP contribution >= 0.6 is 0 Å². The van der Waals surface area contributed by atoms with Gasteiger partial charge in [-0.25, -0.2) is 0 Å². The summed E-state index contributed by atoms with van der Waals surface area (Å²) in [5.41, 5.74) is 0. The molecule has 1 saturated heterocycles. The summed E-state index contributed by atoms with van der Waals surface area (Å²) in [6, 6.07) is 1.17. The third-order valence-corrected chi connectivity index (χ3v) is 3.52. The average molecular weight is 183 g/mol. The van der Waals surface area contributed by atoms with E-state index in [1.54, 1.807) is 0 Å². The molecule has 2 heteroatoms. The molecule has 0 amide bonds. The summed E-state index contributed by atoms with van der Waals surface area (Å²) < 4.78 is 0. The Bertz CT molecular complexity index is 167. The quantitative estimate of drug-likeness (QED) is 0.703. The summed E-state index contributed by atoms with van der Waals surface area (Å²) in [4.78, 5) is 2.59. The number of aliphatic hydroxyl groups is 1. The minimum Gasteiger partial charge on any atom is -0.393 e. The molecular weight excluding hydrogens is 162 g/mol. The highest BCUT2D eigenvalue weighted by Crippen LogP contribution is 2.33. The van der Waals surface area contributed by atoms with Crippen LogP contribution in [-0.4, -0.2) is 34.7 Å². The first kappa shape index (κ1) is 9.47. The van der Waals surface area contributed by atoms with Gasteiger partial charge < -0.3 is 5.11 Å². The van der Waals surface area contributed by atoms with Gasteiger partial charge >= 0.3 is 0 Å². The smallest absolute Gasteiger partial charge is 0.0569 e. The standard InChI is InChI=1S/C11H21NO/c1-8-5-11(13)6-9(2)12(8)7-10-3-4-10/h8-11,13H,3-7H2,1-2H3. The maximum Gasteiger partial charge on any atom is 0.0569 e. The van der Waals surface area contributed by atoms with Crippen molar-refractivity contribution in [1.82, 2.24) is 4.90 Å². The lowest BCUT2D eigenvalue weighted by Crippen LogP contribution is -2.48. The predicted octanol–water partition coefficient (Wildman–Crippen LogP) is 1.63. The highest BCUT2D eigenvalue weighted by molar-refractivity contribution is 4.88. The van der Waals surface area contributed by atoms with Gasteiger partial charge in [0.25, 0.3) is 0 Å². The van der Waals surface area contributed by atoms with E-state index in [0.717, 1.165) is 18.8 Å². The van der Waals surface area contributed by atoms with Crippen molar-refractivity contribution in [3.63, 3.8) is 0 Å². The van der Waals surface area contributed by atoms with E-state index >= 15 is 0 Å². The molecule has 0 aromatic rings. The molecule has 2 aliphatic rings. The van der Waals surface area contributed by atoms with Crippen LogP contribution in [0, 0.1) is 5.92 Å². The largest absolute Gasteiger partial charge is 0.393 e. The Morgan fingerprint density at radius 1 is 1.15 bits per heavy atom. The van der Waals surface area contributed by atoms with Gasteiger partial charge in [-0.1, -0.05) is 0 Å². The molecule has 1 aliphatic heterocycles. The van der Waals surface area contributed by atoms with Crippen molar-refractivity contribution in [2.45, 2.75) is 57.7 Å². The summed E-state index contributed by atoms with van der Waals surface area (Å²) in [6.45, 7) is 5.78. The van der Waals surface area contributed by atoms with Crippen LogP contribution < -0.4 is 0 Å². The molecule has 2 fully saturated rings. The molecule has 13 heavy (non-hydrogen) atoms. The second-order valence-electron chi connectivity index (χ2n) is 4.96. The molecule has 76 valence electrons. The Labute approximate surface area is 80.9 Å². The zero-order valence-electron chi connectivity index (χ0n) is 8.74. The van der Waals surface area contributed by atoms with Crippen molar-refractivity contribution in [3.8, 4) is 0 Å². The van der Waals surface area contributed by atoms with Crippen molar-refractivity contribution < 1.29 is 5.11 Å². The third kappa shape index (κ3) is 2.23. The van der Waals surface area contributed by atoms with Crippen LogP contribution in [0.2, 0.25) is 0 Å². The zero-order valence-corrected chi connectivity index (χ0v) is 8.74. The summed E-state index contributed by atoms with van der Waals surface area (Å²) in [6.07, 6.45) is 4.74. The van der Waals surface area contributed by atoms with Crippen LogP contribution in [0.5, 0.6) is 0 Å². The first-order valence-corrected chi connectivity index (χ1v) is 5.60. The molecule has 0 aromatic heterocycles. The van der Waals surface area contributed by atoms with Crippen molar-refractivity contribution in [2.75, 3.05) is 6.54 Å². The van der Waals surface area contributed by atoms with E-state index in [2.05, 4.69) is 18.7 Å². The molecule has 0 spiro atoms. The third-order valence-electron chi connectivity index (χ3n) is 3.52. The number of aliphatic hydroxyl groups excluding tert-OH is 1. The number of likely N-dealkylation sites (tertiary alicyclic amines) is 1. The first-order chi connectivity index (χ1) is 6.16. The molecule has 2 rings (SSSR count). The molecule has 0 radical (unpaired) electrons. The van der Waals surface area contributed by atoms with Gasteiger partial charge in [-0.15, -0.1) is 0 Å². The molecule has 1 N–H and O–H groups in total. The first-order valence-electron chi connectivity index (χ1n) is 5.60. The number of nitrogens with zero attached hydrogens (tertiary/aromatic N) is 1. The van der Waals surface area contributed by atoms with Crippen LogP contribution in [0.4, 0.5) is 0 Å². The number of hydrogen-bond acceptors (Lipinski definition) is 2. The number of piperidine rings is 1. The van der Waals surface area contributed by atoms with Gasteiger partial charge in [0.15, 0.2) is 0 Å². The van der Waals surface area contributed by atoms with Crippen molar-refractivity contribution in [1.29, 1.82) is 0 Å². The molecule has 2 nitrogen and oxygen atoms in total. The highest BCUT2D eigenvalue weighted by Gasteiger charge is 2.33. The summed E-state index contributed by atoms with van der Waals surface area (Å²) >= 11 is 0. The van der Waals surface area contributed by atoms with Crippen molar-refractivity contribution in [2.24, 2.45) is 5.92 Å². The lowest BCUT2D eigenvalue weighted by molar-refractivity contribution is 0.0110. The fourth-order valence-corrected chi connectivity index (χ4v) is 2.55. The summed E-state index contributed by atoms with van der Waals surface area (Å²) in [7, 11) is 0. The normalized spacial score (nSPS) is 42.2. The van der Waals surface area contributed by atoms with Gasteiger partial charge in [0, 0.05) is 18.6 Å². The summed E-state index contributed by atoms with van der Waals surface area (Å²) in [5.74, 6) is 0.972. The van der Waals surface area contributed by atoms with E-state index in [9.17, 15) is 5.11 Å². The maximum atomic E-state index is 9.59. The molecule has 1 heterocycles. The molecule has 2 unspecified atom stereocenters. The van der Waals surface area contributed by atoms with Crippen LogP contribution in [0.3, 0.4) is 0 Å². The Morgan fingerprint density at radius 2 is 1.69 bits per heavy atom. The zero-order chi connectivity index (χ0) is 9.42. The van der Waals surface area contributed by atoms with Crippen LogP contribution in [0.15, 0.2) is 0 Å². The van der Waals surface area contributed by atoms with Gasteiger partial charge in [0.2, 0.25) is 0 Å². The van der Waals surface area contributed by atoms with E-state index in [1.807, 2.05) is 0 Å². The molecule has 1 saturated carbocycles. The fourth-order valence-electron chi connectivity index (χ4n) is 2.55. The van der Waals surface area contributed by atoms with E-state index in [-0.39, 0.29) is 6.10 Å². The van der Waals surface area contributed by atoms with Gasteiger partial charge in [0.05, 0.1) is 6.10 Å². The second kappa shape index (κ2) is 3.58. The molecule has 2 atom stereocenters. The van der Waals surface area contributed by atoms with Crippen molar-refractivity contribution in [3.05, 3.63) is 0 Å². The SMILES string of the molecule is CC1CC(O)CC(C)N1CC1CC1. The van der Waals surface area contributed by atoms with E-state index in [0.29, 0.717) is 12.1 Å². The second-order valence-corrected chi connectivity index (χ2v) is 4.96. The number of hydrogen-bond donors (Lipinski definition) is 1. The summed E-state index contributed by atoms with van der Waals surface area (Å²) in [5, 5.41) is 9.59. The Hall–Kier alpha value is -0.0800. The minimum atomic E-state index is -0.0551. The van der Waals surface area contributed by atoms with Gasteiger partial charge in [0.1, 0.15) is 0 Å². The monoisotopic (exact) mass is 183 g/mol. The maximum absolute atomic E-state index is 9.59.